The van der Waals surface area contributed by atoms with E-state index in [1.165, 1.54) is 0 Å². The van der Waals surface area contributed by atoms with Gasteiger partial charge >= 0.3 is 0 Å². The number of thiazole rings is 1. The number of aryl methyl sites for hydroxylation is 1. The van der Waals surface area contributed by atoms with Crippen molar-refractivity contribution >= 4 is 17.2 Å². The molecule has 1 amide bonds. The van der Waals surface area contributed by atoms with Crippen LogP contribution in [0.25, 0.3) is 0 Å². The SMILES string of the molecule is Cc1nc(CC(=O)N[C@H]2CCOc3ccccc32)cs1. The average Bonchev–Trinajstić information content (AvgIpc) is 2.84. The number of carbonyl (C=O) groups is 1. The van der Waals surface area contributed by atoms with Crippen LogP contribution in [0.3, 0.4) is 0 Å². The fourth-order valence-electron chi connectivity index (χ4n) is 2.39. The Hall–Kier alpha value is -1.88. The summed E-state index contributed by atoms with van der Waals surface area (Å²) < 4.78 is 5.59. The standard InChI is InChI=1S/C15H16N2O2S/c1-10-16-11(9-20-10)8-15(18)17-13-6-7-19-14-5-3-2-4-12(13)14/h2-5,9,13H,6-8H2,1H3,(H,17,18)/t13-/m0/s1. The predicted molar refractivity (Wildman–Crippen MR) is 78.0 cm³/mol. The molecule has 0 saturated carbocycles. The number of hydrogen-bond acceptors (Lipinski definition) is 4. The molecule has 2 heterocycles. The van der Waals surface area contributed by atoms with Gasteiger partial charge in [-0.05, 0) is 13.0 Å². The highest BCUT2D eigenvalue weighted by atomic mass is 32.1. The Balaban J connectivity index is 1.68. The summed E-state index contributed by atoms with van der Waals surface area (Å²) in [6.45, 7) is 2.58. The Bertz CT molecular complexity index is 624. The third kappa shape index (κ3) is 2.82. The van der Waals surface area contributed by atoms with E-state index in [0.717, 1.165) is 28.4 Å². The van der Waals surface area contributed by atoms with Crippen LogP contribution in [-0.2, 0) is 11.2 Å². The van der Waals surface area contributed by atoms with Crippen molar-refractivity contribution in [3.8, 4) is 5.75 Å². The number of nitrogens with one attached hydrogen (secondary N) is 1. The van der Waals surface area contributed by atoms with Gasteiger partial charge in [0.1, 0.15) is 5.75 Å². The van der Waals surface area contributed by atoms with Crippen molar-refractivity contribution in [3.05, 3.63) is 45.9 Å². The Morgan fingerprint density at radius 2 is 2.35 bits per heavy atom. The van der Waals surface area contributed by atoms with E-state index in [1.807, 2.05) is 36.6 Å². The normalized spacial score (nSPS) is 17.1. The number of carbonyl (C=O) groups excluding carboxylic acids is 1. The van der Waals surface area contributed by atoms with Crippen LogP contribution < -0.4 is 10.1 Å². The smallest absolute Gasteiger partial charge is 0.226 e. The zero-order valence-corrected chi connectivity index (χ0v) is 12.1. The van der Waals surface area contributed by atoms with Crippen molar-refractivity contribution in [3.63, 3.8) is 0 Å². The fourth-order valence-corrected chi connectivity index (χ4v) is 3.00. The summed E-state index contributed by atoms with van der Waals surface area (Å²) in [5.41, 5.74) is 1.90. The molecule has 2 aromatic rings. The zero-order valence-electron chi connectivity index (χ0n) is 11.3. The first-order valence-corrected chi connectivity index (χ1v) is 7.52. The van der Waals surface area contributed by atoms with Gasteiger partial charge in [-0.25, -0.2) is 4.98 Å². The van der Waals surface area contributed by atoms with Crippen LogP contribution in [0.5, 0.6) is 5.75 Å². The predicted octanol–water partition coefficient (Wildman–Crippen LogP) is 2.63. The zero-order chi connectivity index (χ0) is 13.9. The van der Waals surface area contributed by atoms with Crippen LogP contribution in [0.1, 0.15) is 28.7 Å². The first-order chi connectivity index (χ1) is 9.72. The molecule has 0 spiro atoms. The maximum Gasteiger partial charge on any atom is 0.226 e. The Morgan fingerprint density at radius 3 is 3.15 bits per heavy atom. The van der Waals surface area contributed by atoms with Gasteiger partial charge in [-0.2, -0.15) is 0 Å². The van der Waals surface area contributed by atoms with E-state index < -0.39 is 0 Å². The van der Waals surface area contributed by atoms with Gasteiger partial charge in [0.2, 0.25) is 5.91 Å². The number of nitrogens with zero attached hydrogens (tertiary/aromatic N) is 1. The van der Waals surface area contributed by atoms with Gasteiger partial charge in [0, 0.05) is 17.4 Å². The lowest BCUT2D eigenvalue weighted by Gasteiger charge is -2.26. The number of aromatic nitrogens is 1. The van der Waals surface area contributed by atoms with E-state index in [0.29, 0.717) is 13.0 Å². The van der Waals surface area contributed by atoms with Crippen molar-refractivity contribution in [2.45, 2.75) is 25.8 Å². The molecule has 20 heavy (non-hydrogen) atoms. The molecule has 3 rings (SSSR count). The molecule has 1 aromatic heterocycles. The van der Waals surface area contributed by atoms with Crippen molar-refractivity contribution < 1.29 is 9.53 Å². The highest BCUT2D eigenvalue weighted by Crippen LogP contribution is 2.31. The molecular formula is C15H16N2O2S. The van der Waals surface area contributed by atoms with Crippen molar-refractivity contribution in [2.24, 2.45) is 0 Å². The summed E-state index contributed by atoms with van der Waals surface area (Å²) in [5.74, 6) is 0.880. The van der Waals surface area contributed by atoms with Gasteiger partial charge in [-0.1, -0.05) is 18.2 Å². The summed E-state index contributed by atoms with van der Waals surface area (Å²) in [7, 11) is 0. The van der Waals surface area contributed by atoms with Crippen molar-refractivity contribution in [1.29, 1.82) is 0 Å². The molecule has 1 N–H and O–H groups in total. The number of rotatable bonds is 3. The quantitative estimate of drug-likeness (QED) is 0.944. The van der Waals surface area contributed by atoms with Crippen molar-refractivity contribution in [2.75, 3.05) is 6.61 Å². The molecule has 104 valence electrons. The van der Waals surface area contributed by atoms with Crippen LogP contribution in [0.2, 0.25) is 0 Å². The van der Waals surface area contributed by atoms with E-state index in [-0.39, 0.29) is 11.9 Å². The molecule has 4 nitrogen and oxygen atoms in total. The van der Waals surface area contributed by atoms with Gasteiger partial charge in [0.25, 0.3) is 0 Å². The van der Waals surface area contributed by atoms with Crippen LogP contribution in [0.4, 0.5) is 0 Å². The summed E-state index contributed by atoms with van der Waals surface area (Å²) in [4.78, 5) is 16.4. The Morgan fingerprint density at radius 1 is 1.50 bits per heavy atom. The number of ether oxygens (including phenoxy) is 1. The van der Waals surface area contributed by atoms with E-state index in [2.05, 4.69) is 10.3 Å². The maximum absolute atomic E-state index is 12.1. The maximum atomic E-state index is 12.1. The molecule has 1 aromatic carbocycles. The number of para-hydroxylation sites is 1. The first-order valence-electron chi connectivity index (χ1n) is 6.64. The molecule has 0 unspecified atom stereocenters. The average molecular weight is 288 g/mol. The fraction of sp³-hybridized carbons (Fsp3) is 0.333. The molecule has 1 aliphatic rings. The molecule has 5 heteroatoms. The molecule has 1 aliphatic heterocycles. The minimum absolute atomic E-state index is 0.0111. The number of amides is 1. The van der Waals surface area contributed by atoms with Crippen LogP contribution in [-0.4, -0.2) is 17.5 Å². The lowest BCUT2D eigenvalue weighted by atomic mass is 10.0. The minimum atomic E-state index is 0.0111. The third-order valence-corrected chi connectivity index (χ3v) is 4.12. The van der Waals surface area contributed by atoms with Crippen LogP contribution >= 0.6 is 11.3 Å². The van der Waals surface area contributed by atoms with Crippen LogP contribution in [0, 0.1) is 6.92 Å². The molecular weight excluding hydrogens is 272 g/mol. The first kappa shape index (κ1) is 13.1. The lowest BCUT2D eigenvalue weighted by molar-refractivity contribution is -0.121. The second-order valence-corrected chi connectivity index (χ2v) is 5.89. The van der Waals surface area contributed by atoms with Crippen LogP contribution in [0.15, 0.2) is 29.6 Å². The second-order valence-electron chi connectivity index (χ2n) is 4.83. The van der Waals surface area contributed by atoms with Gasteiger partial charge < -0.3 is 10.1 Å². The van der Waals surface area contributed by atoms with E-state index in [4.69, 9.17) is 4.74 Å². The summed E-state index contributed by atoms with van der Waals surface area (Å²) in [5, 5.41) is 6.01. The second kappa shape index (κ2) is 5.63. The lowest BCUT2D eigenvalue weighted by Crippen LogP contribution is -2.33. The van der Waals surface area contributed by atoms with Gasteiger partial charge in [0.15, 0.2) is 0 Å². The van der Waals surface area contributed by atoms with Gasteiger partial charge in [-0.3, -0.25) is 4.79 Å². The summed E-state index contributed by atoms with van der Waals surface area (Å²) >= 11 is 1.57. The molecule has 0 fully saturated rings. The molecule has 0 radical (unpaired) electrons. The molecule has 0 aliphatic carbocycles. The van der Waals surface area contributed by atoms with Crippen molar-refractivity contribution in [1.82, 2.24) is 10.3 Å². The Labute approximate surface area is 121 Å². The highest BCUT2D eigenvalue weighted by Gasteiger charge is 2.22. The Kier molecular flexibility index (Phi) is 3.69. The van der Waals surface area contributed by atoms with Gasteiger partial charge in [-0.15, -0.1) is 11.3 Å². The highest BCUT2D eigenvalue weighted by molar-refractivity contribution is 7.09. The molecule has 0 bridgehead atoms. The largest absolute Gasteiger partial charge is 0.493 e. The topological polar surface area (TPSA) is 51.2 Å². The summed E-state index contributed by atoms with van der Waals surface area (Å²) in [6.07, 6.45) is 1.14. The third-order valence-electron chi connectivity index (χ3n) is 3.30. The van der Waals surface area contributed by atoms with E-state index >= 15 is 0 Å². The van der Waals surface area contributed by atoms with E-state index in [1.54, 1.807) is 11.3 Å². The monoisotopic (exact) mass is 288 g/mol. The summed E-state index contributed by atoms with van der Waals surface area (Å²) in [6, 6.07) is 7.90. The molecule has 0 saturated heterocycles. The minimum Gasteiger partial charge on any atom is -0.493 e. The number of benzene rings is 1. The number of hydrogen-bond donors (Lipinski definition) is 1. The van der Waals surface area contributed by atoms with Gasteiger partial charge in [0.05, 0.1) is 29.8 Å². The van der Waals surface area contributed by atoms with E-state index in [9.17, 15) is 4.79 Å². The number of fused-ring (bicyclic) bond motifs is 1. The molecule has 1 atom stereocenters.